The number of hydrogen-bond acceptors (Lipinski definition) is 2. The quantitative estimate of drug-likeness (QED) is 0.893. The van der Waals surface area contributed by atoms with Gasteiger partial charge in [-0.05, 0) is 34.9 Å². The highest BCUT2D eigenvalue weighted by molar-refractivity contribution is 6.31. The molecule has 0 aliphatic heterocycles. The minimum atomic E-state index is -1.02. The molecule has 2 aromatic carbocycles. The molecule has 2 rings (SSSR count). The molecule has 18 heavy (non-hydrogen) atoms. The largest absolute Gasteiger partial charge is 0.478 e. The van der Waals surface area contributed by atoms with Gasteiger partial charge in [0, 0.05) is 5.02 Å². The number of halogens is 1. The average Bonchev–Trinajstić information content (AvgIpc) is 2.38. The molecule has 0 spiro atoms. The minimum Gasteiger partial charge on any atom is -0.478 e. The molecule has 3 nitrogen and oxygen atoms in total. The third-order valence-electron chi connectivity index (χ3n) is 2.69. The van der Waals surface area contributed by atoms with E-state index in [0.717, 1.165) is 0 Å². The van der Waals surface area contributed by atoms with Gasteiger partial charge in [-0.3, -0.25) is 0 Å². The zero-order chi connectivity index (χ0) is 13.1. The third-order valence-corrected chi connectivity index (χ3v) is 2.93. The molecule has 0 unspecified atom stereocenters. The lowest BCUT2D eigenvalue weighted by Gasteiger charge is -2.10. The lowest BCUT2D eigenvalue weighted by atomic mass is 9.96. The van der Waals surface area contributed by atoms with Crippen LogP contribution in [0.1, 0.15) is 15.9 Å². The molecule has 2 aromatic rings. The van der Waals surface area contributed by atoms with Crippen molar-refractivity contribution in [2.24, 2.45) is 0 Å². The van der Waals surface area contributed by atoms with Crippen molar-refractivity contribution in [2.45, 2.75) is 6.61 Å². The molecule has 0 atom stereocenters. The van der Waals surface area contributed by atoms with Crippen LogP contribution in [0.2, 0.25) is 5.02 Å². The van der Waals surface area contributed by atoms with Crippen LogP contribution in [-0.4, -0.2) is 16.2 Å². The van der Waals surface area contributed by atoms with Gasteiger partial charge in [0.05, 0.1) is 12.2 Å². The summed E-state index contributed by atoms with van der Waals surface area (Å²) in [5, 5.41) is 18.9. The van der Waals surface area contributed by atoms with Gasteiger partial charge in [-0.25, -0.2) is 4.79 Å². The van der Waals surface area contributed by atoms with Crippen molar-refractivity contribution in [3.05, 3.63) is 58.6 Å². The first-order chi connectivity index (χ1) is 8.63. The Morgan fingerprint density at radius 2 is 1.83 bits per heavy atom. The van der Waals surface area contributed by atoms with Crippen molar-refractivity contribution in [1.82, 2.24) is 0 Å². The first kappa shape index (κ1) is 12.6. The Morgan fingerprint density at radius 1 is 1.11 bits per heavy atom. The highest BCUT2D eigenvalue weighted by Crippen LogP contribution is 2.29. The van der Waals surface area contributed by atoms with Gasteiger partial charge in [-0.15, -0.1) is 0 Å². The monoisotopic (exact) mass is 262 g/mol. The van der Waals surface area contributed by atoms with E-state index < -0.39 is 5.97 Å². The van der Waals surface area contributed by atoms with Crippen molar-refractivity contribution >= 4 is 17.6 Å². The molecule has 2 N–H and O–H groups in total. The van der Waals surface area contributed by atoms with E-state index in [1.54, 1.807) is 30.3 Å². The molecule has 0 radical (unpaired) electrons. The molecular formula is C14H11ClO3. The molecule has 0 heterocycles. The van der Waals surface area contributed by atoms with E-state index in [9.17, 15) is 15.0 Å². The van der Waals surface area contributed by atoms with Crippen molar-refractivity contribution in [1.29, 1.82) is 0 Å². The molecule has 0 fully saturated rings. The highest BCUT2D eigenvalue weighted by atomic mass is 35.5. The van der Waals surface area contributed by atoms with Crippen LogP contribution in [0.25, 0.3) is 11.1 Å². The molecule has 0 aliphatic rings. The second kappa shape index (κ2) is 5.21. The number of carbonyl (C=O) groups is 1. The van der Waals surface area contributed by atoms with Crippen LogP contribution in [-0.2, 0) is 6.61 Å². The van der Waals surface area contributed by atoms with E-state index in [1.807, 2.05) is 0 Å². The summed E-state index contributed by atoms with van der Waals surface area (Å²) < 4.78 is 0. The fourth-order valence-electron chi connectivity index (χ4n) is 1.85. The van der Waals surface area contributed by atoms with Gasteiger partial charge >= 0.3 is 5.97 Å². The van der Waals surface area contributed by atoms with Crippen LogP contribution in [0, 0.1) is 0 Å². The Hall–Kier alpha value is -1.84. The Kier molecular flexibility index (Phi) is 3.65. The summed E-state index contributed by atoms with van der Waals surface area (Å²) >= 11 is 5.91. The summed E-state index contributed by atoms with van der Waals surface area (Å²) in [5.41, 5.74) is 2.03. The number of aliphatic hydroxyl groups excluding tert-OH is 1. The van der Waals surface area contributed by atoms with Crippen LogP contribution in [0.15, 0.2) is 42.5 Å². The molecule has 92 valence electrons. The van der Waals surface area contributed by atoms with Crippen LogP contribution >= 0.6 is 11.6 Å². The van der Waals surface area contributed by atoms with E-state index in [4.69, 9.17) is 11.6 Å². The molecule has 0 saturated heterocycles. The number of carboxylic acids is 1. The second-order valence-corrected chi connectivity index (χ2v) is 4.25. The van der Waals surface area contributed by atoms with E-state index in [0.29, 0.717) is 21.7 Å². The van der Waals surface area contributed by atoms with Crippen LogP contribution < -0.4 is 0 Å². The smallest absolute Gasteiger partial charge is 0.336 e. The molecule has 0 bridgehead atoms. The fourth-order valence-corrected chi connectivity index (χ4v) is 2.02. The van der Waals surface area contributed by atoms with Crippen LogP contribution in [0.4, 0.5) is 0 Å². The standard InChI is InChI=1S/C14H11ClO3/c15-10-5-6-12(14(17)18)13(7-10)11-4-2-1-3-9(11)8-16/h1-7,16H,8H2,(H,17,18). The fraction of sp³-hybridized carbons (Fsp3) is 0.0714. The Balaban J connectivity index is 2.69. The van der Waals surface area contributed by atoms with Crippen LogP contribution in [0.5, 0.6) is 0 Å². The summed E-state index contributed by atoms with van der Waals surface area (Å²) in [7, 11) is 0. The first-order valence-corrected chi connectivity index (χ1v) is 5.73. The van der Waals surface area contributed by atoms with Crippen molar-refractivity contribution < 1.29 is 15.0 Å². The van der Waals surface area contributed by atoms with Gasteiger partial charge in [0.25, 0.3) is 0 Å². The average molecular weight is 263 g/mol. The SMILES string of the molecule is O=C(O)c1ccc(Cl)cc1-c1ccccc1CO. The van der Waals surface area contributed by atoms with Gasteiger partial charge < -0.3 is 10.2 Å². The van der Waals surface area contributed by atoms with E-state index in [-0.39, 0.29) is 12.2 Å². The maximum atomic E-state index is 11.2. The van der Waals surface area contributed by atoms with Gasteiger partial charge in [0.15, 0.2) is 0 Å². The number of aliphatic hydroxyl groups is 1. The van der Waals surface area contributed by atoms with E-state index in [1.165, 1.54) is 12.1 Å². The van der Waals surface area contributed by atoms with Gasteiger partial charge in [-0.2, -0.15) is 0 Å². The molecular weight excluding hydrogens is 252 g/mol. The van der Waals surface area contributed by atoms with E-state index in [2.05, 4.69) is 0 Å². The molecule has 0 aliphatic carbocycles. The predicted octanol–water partition coefficient (Wildman–Crippen LogP) is 3.20. The Bertz CT molecular complexity index is 593. The molecule has 4 heteroatoms. The number of hydrogen-bond donors (Lipinski definition) is 2. The number of rotatable bonds is 3. The topological polar surface area (TPSA) is 57.5 Å². The minimum absolute atomic E-state index is 0.151. The summed E-state index contributed by atoms with van der Waals surface area (Å²) in [6.45, 7) is -0.151. The second-order valence-electron chi connectivity index (χ2n) is 3.81. The molecule has 0 aromatic heterocycles. The highest BCUT2D eigenvalue weighted by Gasteiger charge is 2.14. The van der Waals surface area contributed by atoms with Gasteiger partial charge in [0.1, 0.15) is 0 Å². The lowest BCUT2D eigenvalue weighted by Crippen LogP contribution is -2.01. The van der Waals surface area contributed by atoms with Crippen molar-refractivity contribution in [3.8, 4) is 11.1 Å². The van der Waals surface area contributed by atoms with Crippen LogP contribution in [0.3, 0.4) is 0 Å². The summed E-state index contributed by atoms with van der Waals surface area (Å²) in [4.78, 5) is 11.2. The zero-order valence-electron chi connectivity index (χ0n) is 9.43. The van der Waals surface area contributed by atoms with Crippen molar-refractivity contribution in [3.63, 3.8) is 0 Å². The van der Waals surface area contributed by atoms with Crippen molar-refractivity contribution in [2.75, 3.05) is 0 Å². The van der Waals surface area contributed by atoms with Gasteiger partial charge in [0.2, 0.25) is 0 Å². The number of benzene rings is 2. The Labute approximate surface area is 109 Å². The molecule has 0 amide bonds. The van der Waals surface area contributed by atoms with Gasteiger partial charge in [-0.1, -0.05) is 35.9 Å². The maximum Gasteiger partial charge on any atom is 0.336 e. The first-order valence-electron chi connectivity index (χ1n) is 5.35. The third kappa shape index (κ3) is 2.37. The molecule has 0 saturated carbocycles. The van der Waals surface area contributed by atoms with E-state index >= 15 is 0 Å². The summed E-state index contributed by atoms with van der Waals surface area (Å²) in [6, 6.07) is 11.7. The number of carboxylic acid groups (broad SMARTS) is 1. The lowest BCUT2D eigenvalue weighted by molar-refractivity contribution is 0.0697. The maximum absolute atomic E-state index is 11.2. The Morgan fingerprint density at radius 3 is 2.50 bits per heavy atom. The predicted molar refractivity (Wildman–Crippen MR) is 69.8 cm³/mol. The normalized spacial score (nSPS) is 10.3. The summed E-state index contributed by atoms with van der Waals surface area (Å²) in [5.74, 6) is -1.02. The zero-order valence-corrected chi connectivity index (χ0v) is 10.2. The number of aromatic carboxylic acids is 1. The summed E-state index contributed by atoms with van der Waals surface area (Å²) in [6.07, 6.45) is 0.